The van der Waals surface area contributed by atoms with Crippen LogP contribution in [0.4, 0.5) is 0 Å². The van der Waals surface area contributed by atoms with Gasteiger partial charge in [-0.25, -0.2) is 0 Å². The Labute approximate surface area is 140 Å². The Kier molecular flexibility index (Phi) is 8.51. The molecule has 1 saturated heterocycles. The SMILES string of the molecule is CC(=O)c1ccccc1OCCCCN1CCCC(C)C1.Cl. The molecule has 0 amide bonds. The standard InChI is InChI=1S/C18H27NO2.ClH/c1-15-8-7-12-19(14-15)11-5-6-13-21-18-10-4-3-9-17(18)16(2)20;/h3-4,9-10,15H,5-8,11-14H2,1-2H3;1H. The molecule has 124 valence electrons. The number of benzene rings is 1. The second-order valence-corrected chi connectivity index (χ2v) is 6.16. The van der Waals surface area contributed by atoms with Crippen LogP contribution in [0.5, 0.6) is 5.75 Å². The van der Waals surface area contributed by atoms with E-state index in [9.17, 15) is 4.79 Å². The molecule has 0 spiro atoms. The maximum absolute atomic E-state index is 11.5. The number of unbranched alkanes of at least 4 members (excludes halogenated alkanes) is 1. The van der Waals surface area contributed by atoms with Crippen molar-refractivity contribution >= 4 is 18.2 Å². The molecule has 0 bridgehead atoms. The number of ether oxygens (including phenoxy) is 1. The molecule has 0 radical (unpaired) electrons. The van der Waals surface area contributed by atoms with E-state index < -0.39 is 0 Å². The van der Waals surface area contributed by atoms with E-state index >= 15 is 0 Å². The molecule has 0 aliphatic carbocycles. The van der Waals surface area contributed by atoms with Crippen molar-refractivity contribution in [2.45, 2.75) is 39.5 Å². The van der Waals surface area contributed by atoms with E-state index in [4.69, 9.17) is 4.74 Å². The van der Waals surface area contributed by atoms with Crippen LogP contribution in [0.15, 0.2) is 24.3 Å². The third kappa shape index (κ3) is 5.98. The number of Topliss-reactive ketones (excluding diaryl/α,β-unsaturated/α-hetero) is 1. The van der Waals surface area contributed by atoms with Crippen molar-refractivity contribution in [3.05, 3.63) is 29.8 Å². The van der Waals surface area contributed by atoms with Crippen LogP contribution in [0.1, 0.15) is 49.9 Å². The summed E-state index contributed by atoms with van der Waals surface area (Å²) in [6.07, 6.45) is 4.91. The summed E-state index contributed by atoms with van der Waals surface area (Å²) in [5.41, 5.74) is 0.683. The van der Waals surface area contributed by atoms with Gasteiger partial charge in [-0.3, -0.25) is 4.79 Å². The van der Waals surface area contributed by atoms with Crippen molar-refractivity contribution in [3.63, 3.8) is 0 Å². The number of nitrogens with zero attached hydrogens (tertiary/aromatic N) is 1. The van der Waals surface area contributed by atoms with E-state index in [1.807, 2.05) is 24.3 Å². The largest absolute Gasteiger partial charge is 0.493 e. The molecule has 1 aromatic carbocycles. The van der Waals surface area contributed by atoms with E-state index in [-0.39, 0.29) is 18.2 Å². The average molecular weight is 326 g/mol. The number of halogens is 1. The molecule has 1 aliphatic rings. The third-order valence-electron chi connectivity index (χ3n) is 4.13. The molecule has 4 heteroatoms. The first kappa shape index (κ1) is 19.0. The highest BCUT2D eigenvalue weighted by atomic mass is 35.5. The van der Waals surface area contributed by atoms with Crippen LogP contribution in [0, 0.1) is 5.92 Å². The van der Waals surface area contributed by atoms with Crippen molar-refractivity contribution in [2.24, 2.45) is 5.92 Å². The lowest BCUT2D eigenvalue weighted by Crippen LogP contribution is -2.35. The van der Waals surface area contributed by atoms with Gasteiger partial charge in [0.2, 0.25) is 0 Å². The summed E-state index contributed by atoms with van der Waals surface area (Å²) in [6, 6.07) is 7.49. The predicted molar refractivity (Wildman–Crippen MR) is 93.3 cm³/mol. The Hall–Kier alpha value is -1.06. The van der Waals surface area contributed by atoms with Gasteiger partial charge in [-0.2, -0.15) is 0 Å². The molecule has 1 atom stereocenters. The molecule has 1 heterocycles. The number of para-hydroxylation sites is 1. The maximum Gasteiger partial charge on any atom is 0.163 e. The molecule has 0 saturated carbocycles. The van der Waals surface area contributed by atoms with Gasteiger partial charge in [0.05, 0.1) is 12.2 Å². The molecule has 22 heavy (non-hydrogen) atoms. The van der Waals surface area contributed by atoms with Gasteiger partial charge in [-0.1, -0.05) is 19.1 Å². The van der Waals surface area contributed by atoms with E-state index in [2.05, 4.69) is 11.8 Å². The Morgan fingerprint density at radius 3 is 2.82 bits per heavy atom. The molecular formula is C18H28ClNO2. The average Bonchev–Trinajstić information content (AvgIpc) is 2.47. The Morgan fingerprint density at radius 2 is 2.09 bits per heavy atom. The number of hydrogen-bond donors (Lipinski definition) is 0. The number of carbonyl (C=O) groups excluding carboxylic acids is 1. The second kappa shape index (κ2) is 9.86. The number of ketones is 1. The minimum atomic E-state index is 0. The van der Waals surface area contributed by atoms with Crippen LogP contribution >= 0.6 is 12.4 Å². The van der Waals surface area contributed by atoms with Crippen molar-refractivity contribution in [1.82, 2.24) is 4.90 Å². The third-order valence-corrected chi connectivity index (χ3v) is 4.13. The van der Waals surface area contributed by atoms with Crippen molar-refractivity contribution in [3.8, 4) is 5.75 Å². The van der Waals surface area contributed by atoms with Crippen LogP contribution in [0.2, 0.25) is 0 Å². The first-order valence-corrected chi connectivity index (χ1v) is 8.12. The number of carbonyl (C=O) groups is 1. The lowest BCUT2D eigenvalue weighted by molar-refractivity contribution is 0.101. The van der Waals surface area contributed by atoms with Gasteiger partial charge in [0.15, 0.2) is 5.78 Å². The monoisotopic (exact) mass is 325 g/mol. The molecule has 1 aliphatic heterocycles. The minimum absolute atomic E-state index is 0. The quantitative estimate of drug-likeness (QED) is 0.556. The van der Waals surface area contributed by atoms with Gasteiger partial charge < -0.3 is 9.64 Å². The summed E-state index contributed by atoms with van der Waals surface area (Å²) in [7, 11) is 0. The summed E-state index contributed by atoms with van der Waals surface area (Å²) in [5, 5.41) is 0. The summed E-state index contributed by atoms with van der Waals surface area (Å²) in [4.78, 5) is 14.1. The highest BCUT2D eigenvalue weighted by Gasteiger charge is 2.15. The fourth-order valence-electron chi connectivity index (χ4n) is 2.99. The zero-order valence-corrected chi connectivity index (χ0v) is 14.5. The van der Waals surface area contributed by atoms with E-state index in [0.29, 0.717) is 12.2 Å². The summed E-state index contributed by atoms with van der Waals surface area (Å²) in [5.74, 6) is 1.63. The molecule has 3 nitrogen and oxygen atoms in total. The van der Waals surface area contributed by atoms with Gasteiger partial charge in [-0.05, 0) is 63.7 Å². The van der Waals surface area contributed by atoms with E-state index in [1.54, 1.807) is 6.92 Å². The molecule has 2 rings (SSSR count). The van der Waals surface area contributed by atoms with E-state index in [1.165, 1.54) is 32.5 Å². The number of piperidine rings is 1. The van der Waals surface area contributed by atoms with Gasteiger partial charge in [0.25, 0.3) is 0 Å². The van der Waals surface area contributed by atoms with Crippen LogP contribution in [0.25, 0.3) is 0 Å². The first-order chi connectivity index (χ1) is 10.2. The van der Waals surface area contributed by atoms with Crippen LogP contribution in [-0.2, 0) is 0 Å². The molecular weight excluding hydrogens is 298 g/mol. The number of likely N-dealkylation sites (tertiary alicyclic amines) is 1. The molecule has 1 aromatic rings. The summed E-state index contributed by atoms with van der Waals surface area (Å²) >= 11 is 0. The minimum Gasteiger partial charge on any atom is -0.493 e. The normalized spacial score (nSPS) is 18.5. The molecule has 0 aromatic heterocycles. The molecule has 1 fully saturated rings. The summed E-state index contributed by atoms with van der Waals surface area (Å²) in [6.45, 7) is 8.27. The lowest BCUT2D eigenvalue weighted by atomic mass is 10.0. The lowest BCUT2D eigenvalue weighted by Gasteiger charge is -2.30. The fourth-order valence-corrected chi connectivity index (χ4v) is 2.99. The number of hydrogen-bond acceptors (Lipinski definition) is 3. The molecule has 0 N–H and O–H groups in total. The van der Waals surface area contributed by atoms with Crippen LogP contribution in [0.3, 0.4) is 0 Å². The van der Waals surface area contributed by atoms with Crippen molar-refractivity contribution in [2.75, 3.05) is 26.2 Å². The summed E-state index contributed by atoms with van der Waals surface area (Å²) < 4.78 is 5.77. The number of rotatable bonds is 7. The van der Waals surface area contributed by atoms with Crippen molar-refractivity contribution in [1.29, 1.82) is 0 Å². The van der Waals surface area contributed by atoms with Gasteiger partial charge in [0.1, 0.15) is 5.75 Å². The highest BCUT2D eigenvalue weighted by Crippen LogP contribution is 2.19. The van der Waals surface area contributed by atoms with Gasteiger partial charge in [-0.15, -0.1) is 12.4 Å². The van der Waals surface area contributed by atoms with Crippen LogP contribution < -0.4 is 4.74 Å². The molecule has 1 unspecified atom stereocenters. The van der Waals surface area contributed by atoms with Crippen LogP contribution in [-0.4, -0.2) is 36.9 Å². The maximum atomic E-state index is 11.5. The van der Waals surface area contributed by atoms with Gasteiger partial charge >= 0.3 is 0 Å². The predicted octanol–water partition coefficient (Wildman–Crippen LogP) is 4.20. The van der Waals surface area contributed by atoms with Gasteiger partial charge in [0, 0.05) is 6.54 Å². The Bertz CT molecular complexity index is 464. The smallest absolute Gasteiger partial charge is 0.163 e. The zero-order valence-electron chi connectivity index (χ0n) is 13.7. The van der Waals surface area contributed by atoms with E-state index in [0.717, 1.165) is 24.5 Å². The second-order valence-electron chi connectivity index (χ2n) is 6.16. The zero-order chi connectivity index (χ0) is 15.1. The fraction of sp³-hybridized carbons (Fsp3) is 0.611. The first-order valence-electron chi connectivity index (χ1n) is 8.12. The Morgan fingerprint density at radius 1 is 1.32 bits per heavy atom. The highest BCUT2D eigenvalue weighted by molar-refractivity contribution is 5.96. The topological polar surface area (TPSA) is 29.5 Å². The Balaban J connectivity index is 0.00000242. The van der Waals surface area contributed by atoms with Crippen molar-refractivity contribution < 1.29 is 9.53 Å².